The molecule has 1 aliphatic carbocycles. The maximum atomic E-state index is 14.0. The highest BCUT2D eigenvalue weighted by atomic mass is 79.9. The lowest BCUT2D eigenvalue weighted by molar-refractivity contribution is 0.402. The Hall–Kier alpha value is -3.42. The molecule has 0 N–H and O–H groups in total. The van der Waals surface area contributed by atoms with Crippen molar-refractivity contribution < 1.29 is 9.47 Å². The summed E-state index contributed by atoms with van der Waals surface area (Å²) >= 11 is 5.02. The molecule has 1 aliphatic heterocycles. The molecule has 2 heterocycles. The van der Waals surface area contributed by atoms with Crippen LogP contribution in [-0.2, 0) is 6.42 Å². The van der Waals surface area contributed by atoms with Crippen molar-refractivity contribution >= 4 is 39.0 Å². The monoisotopic (exact) mass is 558 g/mol. The van der Waals surface area contributed by atoms with Gasteiger partial charge in [-0.1, -0.05) is 69.7 Å². The average Bonchev–Trinajstić information content (AvgIpc) is 3.23. The SMILES string of the molecule is COc1ccc(Br)c(/C=c2\sc3n(c2=O)[C@@H](c2ccccc2OC)C2=C(N=3)c3ccccc3CC2)c1. The molecule has 0 saturated heterocycles. The molecule has 3 aromatic carbocycles. The second-order valence-electron chi connectivity index (χ2n) is 8.74. The van der Waals surface area contributed by atoms with Crippen molar-refractivity contribution in [2.24, 2.45) is 4.99 Å². The molecule has 180 valence electrons. The number of benzene rings is 3. The Kier molecular flexibility index (Phi) is 5.90. The van der Waals surface area contributed by atoms with Gasteiger partial charge in [0.05, 0.1) is 30.5 Å². The largest absolute Gasteiger partial charge is 0.497 e. The van der Waals surface area contributed by atoms with E-state index in [4.69, 9.17) is 14.5 Å². The topological polar surface area (TPSA) is 52.8 Å². The van der Waals surface area contributed by atoms with Crippen LogP contribution in [0.1, 0.15) is 34.7 Å². The van der Waals surface area contributed by atoms with E-state index < -0.39 is 0 Å². The predicted octanol–water partition coefficient (Wildman–Crippen LogP) is 5.10. The fraction of sp³-hybridized carbons (Fsp3) is 0.172. The van der Waals surface area contributed by atoms with E-state index in [2.05, 4.69) is 46.3 Å². The van der Waals surface area contributed by atoms with Crippen LogP contribution >= 0.6 is 27.3 Å². The molecule has 6 rings (SSSR count). The molecule has 0 saturated carbocycles. The van der Waals surface area contributed by atoms with Gasteiger partial charge in [0.1, 0.15) is 11.5 Å². The Morgan fingerprint density at radius 2 is 1.83 bits per heavy atom. The number of rotatable bonds is 4. The van der Waals surface area contributed by atoms with Gasteiger partial charge in [0.15, 0.2) is 4.80 Å². The van der Waals surface area contributed by atoms with Gasteiger partial charge in [-0.05, 0) is 59.9 Å². The van der Waals surface area contributed by atoms with Crippen LogP contribution in [-0.4, -0.2) is 18.8 Å². The Morgan fingerprint density at radius 1 is 1.03 bits per heavy atom. The number of halogens is 1. The number of ether oxygens (including phenoxy) is 2. The van der Waals surface area contributed by atoms with Crippen LogP contribution in [0.5, 0.6) is 11.5 Å². The van der Waals surface area contributed by atoms with Gasteiger partial charge in [0, 0.05) is 15.6 Å². The first kappa shape index (κ1) is 23.0. The molecule has 0 amide bonds. The Morgan fingerprint density at radius 3 is 2.67 bits per heavy atom. The first-order valence-electron chi connectivity index (χ1n) is 11.7. The number of thiazole rings is 1. The smallest absolute Gasteiger partial charge is 0.271 e. The van der Waals surface area contributed by atoms with Crippen LogP contribution in [0.2, 0.25) is 0 Å². The number of nitrogens with zero attached hydrogens (tertiary/aromatic N) is 2. The minimum atomic E-state index is -0.281. The standard InChI is InChI=1S/C29H23BrN2O3S/c1-34-19-12-14-23(30)18(15-19)16-25-28(33)32-27(21-9-5-6-10-24(21)35-2)22-13-11-17-7-3-4-8-20(17)26(22)31-29(32)36-25/h3-10,12,14-16,27H,11,13H2,1-2H3/b25-16-/t27-/m0/s1. The zero-order valence-corrected chi connectivity index (χ0v) is 22.2. The van der Waals surface area contributed by atoms with Crippen molar-refractivity contribution in [2.45, 2.75) is 18.9 Å². The van der Waals surface area contributed by atoms with E-state index >= 15 is 0 Å². The number of fused-ring (bicyclic) bond motifs is 3. The normalized spacial score (nSPS) is 16.6. The van der Waals surface area contributed by atoms with Crippen molar-refractivity contribution in [2.75, 3.05) is 14.2 Å². The average molecular weight is 559 g/mol. The third-order valence-corrected chi connectivity index (χ3v) is 8.50. The van der Waals surface area contributed by atoms with E-state index in [1.54, 1.807) is 14.2 Å². The zero-order chi connectivity index (χ0) is 24.8. The molecule has 0 bridgehead atoms. The van der Waals surface area contributed by atoms with E-state index in [-0.39, 0.29) is 11.6 Å². The maximum Gasteiger partial charge on any atom is 0.271 e. The number of para-hydroxylation sites is 1. The minimum absolute atomic E-state index is 0.0604. The summed E-state index contributed by atoms with van der Waals surface area (Å²) in [6.07, 6.45) is 3.66. The van der Waals surface area contributed by atoms with Gasteiger partial charge in [-0.2, -0.15) is 0 Å². The van der Waals surface area contributed by atoms with Crippen LogP contribution < -0.4 is 24.4 Å². The number of hydrogen-bond acceptors (Lipinski definition) is 5. The van der Waals surface area contributed by atoms with Gasteiger partial charge < -0.3 is 9.47 Å². The van der Waals surface area contributed by atoms with Crippen molar-refractivity contribution in [3.63, 3.8) is 0 Å². The third kappa shape index (κ3) is 3.74. The number of hydrogen-bond donors (Lipinski definition) is 0. The lowest BCUT2D eigenvalue weighted by Gasteiger charge is -2.31. The fourth-order valence-corrected chi connectivity index (χ4v) is 6.44. The Labute approximate surface area is 220 Å². The quantitative estimate of drug-likeness (QED) is 0.350. The summed E-state index contributed by atoms with van der Waals surface area (Å²) in [6.45, 7) is 0. The zero-order valence-electron chi connectivity index (χ0n) is 19.8. The van der Waals surface area contributed by atoms with E-state index in [1.165, 1.54) is 16.9 Å². The fourth-order valence-electron chi connectivity index (χ4n) is 5.09. The first-order valence-corrected chi connectivity index (χ1v) is 13.3. The molecule has 36 heavy (non-hydrogen) atoms. The number of allylic oxidation sites excluding steroid dienone is 1. The van der Waals surface area contributed by atoms with Crippen molar-refractivity contribution in [3.05, 3.63) is 119 Å². The summed E-state index contributed by atoms with van der Waals surface area (Å²) in [5.74, 6) is 1.50. The molecule has 0 radical (unpaired) electrons. The van der Waals surface area contributed by atoms with Gasteiger partial charge in [0.25, 0.3) is 5.56 Å². The summed E-state index contributed by atoms with van der Waals surface area (Å²) < 4.78 is 14.5. The third-order valence-electron chi connectivity index (χ3n) is 6.80. The lowest BCUT2D eigenvalue weighted by Crippen LogP contribution is -2.39. The molecule has 4 aromatic rings. The molecule has 1 atom stereocenters. The summed E-state index contributed by atoms with van der Waals surface area (Å²) in [4.78, 5) is 19.7. The minimum Gasteiger partial charge on any atom is -0.497 e. The number of aryl methyl sites for hydroxylation is 1. The van der Waals surface area contributed by atoms with Crippen LogP contribution in [0.4, 0.5) is 0 Å². The molecule has 2 aliphatic rings. The maximum absolute atomic E-state index is 14.0. The van der Waals surface area contributed by atoms with E-state index in [0.29, 0.717) is 9.33 Å². The second kappa shape index (κ2) is 9.22. The van der Waals surface area contributed by atoms with Crippen LogP contribution in [0.25, 0.3) is 11.8 Å². The molecular weight excluding hydrogens is 536 g/mol. The van der Waals surface area contributed by atoms with E-state index in [1.807, 2.05) is 47.0 Å². The molecule has 1 aromatic heterocycles. The molecular formula is C29H23BrN2O3S. The van der Waals surface area contributed by atoms with Crippen LogP contribution in [0.15, 0.2) is 86.6 Å². The summed E-state index contributed by atoms with van der Waals surface area (Å²) in [5, 5.41) is 0. The molecule has 5 nitrogen and oxygen atoms in total. The van der Waals surface area contributed by atoms with Crippen LogP contribution in [0.3, 0.4) is 0 Å². The van der Waals surface area contributed by atoms with Gasteiger partial charge >= 0.3 is 0 Å². The Balaban J connectivity index is 1.64. The lowest BCUT2D eigenvalue weighted by atomic mass is 9.83. The molecule has 7 heteroatoms. The van der Waals surface area contributed by atoms with Crippen LogP contribution in [0, 0.1) is 0 Å². The summed E-state index contributed by atoms with van der Waals surface area (Å²) in [5.41, 5.74) is 6.35. The van der Waals surface area contributed by atoms with E-state index in [9.17, 15) is 4.79 Å². The highest BCUT2D eigenvalue weighted by Gasteiger charge is 2.33. The predicted molar refractivity (Wildman–Crippen MR) is 146 cm³/mol. The van der Waals surface area contributed by atoms with Gasteiger partial charge in [-0.15, -0.1) is 0 Å². The van der Waals surface area contributed by atoms with Gasteiger partial charge in [0.2, 0.25) is 0 Å². The highest BCUT2D eigenvalue weighted by Crippen LogP contribution is 2.43. The van der Waals surface area contributed by atoms with Crippen molar-refractivity contribution in [1.82, 2.24) is 4.57 Å². The van der Waals surface area contributed by atoms with Gasteiger partial charge in [-0.3, -0.25) is 9.36 Å². The second-order valence-corrected chi connectivity index (χ2v) is 10.6. The number of aromatic nitrogens is 1. The first-order chi connectivity index (χ1) is 17.6. The number of methoxy groups -OCH3 is 2. The van der Waals surface area contributed by atoms with Crippen molar-refractivity contribution in [1.29, 1.82) is 0 Å². The van der Waals surface area contributed by atoms with E-state index in [0.717, 1.165) is 56.8 Å². The van der Waals surface area contributed by atoms with Gasteiger partial charge in [-0.25, -0.2) is 4.99 Å². The summed E-state index contributed by atoms with van der Waals surface area (Å²) in [7, 11) is 3.31. The summed E-state index contributed by atoms with van der Waals surface area (Å²) in [6, 6.07) is 21.8. The molecule has 0 fully saturated rings. The molecule has 0 unspecified atom stereocenters. The van der Waals surface area contributed by atoms with Crippen molar-refractivity contribution in [3.8, 4) is 11.5 Å². The highest BCUT2D eigenvalue weighted by molar-refractivity contribution is 9.10. The molecule has 0 spiro atoms. The Bertz CT molecular complexity index is 1720.